The second-order valence-corrected chi connectivity index (χ2v) is 17.2. The molecule has 9 nitrogen and oxygen atoms in total. The van der Waals surface area contributed by atoms with Gasteiger partial charge < -0.3 is 14.4 Å². The smallest absolute Gasteiger partial charge is 0.285 e. The van der Waals surface area contributed by atoms with Gasteiger partial charge in [0.2, 0.25) is 0 Å². The number of ether oxygens (including phenoxy) is 2. The van der Waals surface area contributed by atoms with Crippen molar-refractivity contribution in [2.75, 3.05) is 43.2 Å². The fraction of sp³-hybridized carbons (Fsp3) is 0.487. The van der Waals surface area contributed by atoms with Crippen LogP contribution in [-0.2, 0) is 37.5 Å². The van der Waals surface area contributed by atoms with E-state index in [1.165, 1.54) is 17.5 Å². The summed E-state index contributed by atoms with van der Waals surface area (Å²) in [5.74, 6) is 0.599. The molecule has 2 bridgehead atoms. The van der Waals surface area contributed by atoms with Crippen molar-refractivity contribution < 1.29 is 23.3 Å². The fourth-order valence-corrected chi connectivity index (χ4v) is 10.4. The molecule has 5 atom stereocenters. The predicted molar refractivity (Wildman–Crippen MR) is 196 cm³/mol. The number of aromatic nitrogens is 2. The van der Waals surface area contributed by atoms with Crippen LogP contribution in [0, 0.1) is 11.8 Å². The van der Waals surface area contributed by atoms with Gasteiger partial charge in [-0.15, -0.1) is 0 Å². The average molecular weight is 717 g/mol. The number of nitrogens with zero attached hydrogens (tertiary/aromatic N) is 4. The molecule has 3 aromatic rings. The number of aryl methyl sites for hydroxylation is 2. The van der Waals surface area contributed by atoms with Crippen LogP contribution >= 0.6 is 11.6 Å². The minimum absolute atomic E-state index is 0.0267. The summed E-state index contributed by atoms with van der Waals surface area (Å²) in [6.07, 6.45) is 14.2. The SMILES string of the molecule is CO[C@H]1/C=C/CCC[S@@](=O)(CC(=O)CCc2ccncn2)=NC(=O)c2ccc3c(c2)N(C[C@@H]2CC[C@H]21)C[C@@]1(CCCc2cc(Cl)ccc21)CO3. The van der Waals surface area contributed by atoms with Gasteiger partial charge in [0.1, 0.15) is 17.9 Å². The van der Waals surface area contributed by atoms with E-state index in [0.29, 0.717) is 43.3 Å². The third-order valence-corrected chi connectivity index (χ3v) is 13.4. The van der Waals surface area contributed by atoms with Crippen LogP contribution in [0.5, 0.6) is 5.75 Å². The monoisotopic (exact) mass is 716 g/mol. The summed E-state index contributed by atoms with van der Waals surface area (Å²) < 4.78 is 31.4. The number of carbonyl (C=O) groups is 2. The first-order valence-corrected chi connectivity index (χ1v) is 20.0. The Labute approximate surface area is 300 Å². The molecule has 1 saturated carbocycles. The van der Waals surface area contributed by atoms with Crippen LogP contribution in [0.3, 0.4) is 0 Å². The first-order valence-electron chi connectivity index (χ1n) is 17.8. The van der Waals surface area contributed by atoms with E-state index < -0.39 is 15.6 Å². The van der Waals surface area contributed by atoms with Crippen LogP contribution in [0.2, 0.25) is 5.02 Å². The molecule has 1 amide bonds. The summed E-state index contributed by atoms with van der Waals surface area (Å²) >= 11 is 6.45. The standard InChI is InChI=1S/C39H45ClN4O5S/c1-48-36-7-3-2-4-19-50(47,23-32(45)12-11-31-16-18-41-26-42-31)43-38(46)28-9-15-37-35(21-28)44(22-29-8-13-33(29)36)24-39(25-49-37)17-5-6-27-20-30(40)10-14-34(27)39/h3,7,9-10,14-16,18,20-21,26,29,33,36H,2,4-6,8,11-13,17,19,22-25H2,1H3/b7-3+/t29-,33+,36-,39-,50+/m0/s1. The van der Waals surface area contributed by atoms with E-state index in [2.05, 4.69) is 43.5 Å². The second kappa shape index (κ2) is 14.9. The van der Waals surface area contributed by atoms with Crippen molar-refractivity contribution in [1.82, 2.24) is 9.97 Å². The molecule has 0 unspecified atom stereocenters. The molecule has 0 saturated heterocycles. The van der Waals surface area contributed by atoms with Crippen molar-refractivity contribution in [3.8, 4) is 5.75 Å². The van der Waals surface area contributed by atoms with Gasteiger partial charge in [0.05, 0.1) is 33.9 Å². The molecule has 1 fully saturated rings. The number of rotatable bonds is 6. The van der Waals surface area contributed by atoms with E-state index in [1.807, 2.05) is 18.2 Å². The summed E-state index contributed by atoms with van der Waals surface area (Å²) in [5, 5.41) is 0.746. The second-order valence-electron chi connectivity index (χ2n) is 14.3. The lowest BCUT2D eigenvalue weighted by Gasteiger charge is -2.46. The number of halogens is 1. The molecule has 2 aromatic carbocycles. The van der Waals surface area contributed by atoms with Gasteiger partial charge >= 0.3 is 0 Å². The van der Waals surface area contributed by atoms with Gasteiger partial charge in [0.15, 0.2) is 0 Å². The first kappa shape index (κ1) is 34.8. The highest BCUT2D eigenvalue weighted by Gasteiger charge is 2.44. The number of carbonyl (C=O) groups excluding carboxylic acids is 2. The lowest BCUT2D eigenvalue weighted by atomic mass is 9.68. The number of anilines is 1. The maximum absolute atomic E-state index is 14.3. The van der Waals surface area contributed by atoms with Crippen LogP contribution < -0.4 is 9.64 Å². The zero-order valence-corrected chi connectivity index (χ0v) is 30.2. The Hall–Kier alpha value is -3.60. The number of hydrogen-bond acceptors (Lipinski definition) is 8. The van der Waals surface area contributed by atoms with Crippen molar-refractivity contribution in [2.24, 2.45) is 16.2 Å². The van der Waals surface area contributed by atoms with Crippen LogP contribution in [0.25, 0.3) is 0 Å². The third kappa shape index (κ3) is 7.53. The van der Waals surface area contributed by atoms with Crippen molar-refractivity contribution in [2.45, 2.75) is 69.3 Å². The molecular formula is C39H45ClN4O5S. The molecule has 7 rings (SSSR count). The van der Waals surface area contributed by atoms with Gasteiger partial charge in [0.25, 0.3) is 5.91 Å². The number of ketones is 1. The fourth-order valence-electron chi connectivity index (χ4n) is 8.25. The number of Topliss-reactive ketones (excluding diaryl/α,β-unsaturated/α-hetero) is 1. The van der Waals surface area contributed by atoms with Gasteiger partial charge in [-0.05, 0) is 111 Å². The van der Waals surface area contributed by atoms with Gasteiger partial charge in [-0.1, -0.05) is 29.8 Å². The molecular weight excluding hydrogens is 672 g/mol. The zero-order chi connectivity index (χ0) is 34.7. The number of allylic oxidation sites excluding steroid dienone is 1. The van der Waals surface area contributed by atoms with E-state index in [9.17, 15) is 13.8 Å². The zero-order valence-electron chi connectivity index (χ0n) is 28.6. The average Bonchev–Trinajstić information content (AvgIpc) is 3.25. The van der Waals surface area contributed by atoms with Crippen molar-refractivity contribution in [3.05, 3.63) is 94.5 Å². The number of amides is 1. The van der Waals surface area contributed by atoms with Gasteiger partial charge in [-0.2, -0.15) is 4.36 Å². The van der Waals surface area contributed by atoms with Crippen LogP contribution in [0.4, 0.5) is 5.69 Å². The molecule has 0 radical (unpaired) electrons. The minimum Gasteiger partial charge on any atom is -0.490 e. The highest BCUT2D eigenvalue weighted by molar-refractivity contribution is 7.94. The number of methoxy groups -OCH3 is 1. The summed E-state index contributed by atoms with van der Waals surface area (Å²) in [7, 11) is -1.40. The number of benzene rings is 2. The summed E-state index contributed by atoms with van der Waals surface area (Å²) in [4.78, 5) is 37.6. The maximum Gasteiger partial charge on any atom is 0.285 e. The highest BCUT2D eigenvalue weighted by Crippen LogP contribution is 2.47. The Morgan fingerprint density at radius 1 is 1.16 bits per heavy atom. The lowest BCUT2D eigenvalue weighted by molar-refractivity contribution is -0.116. The molecule has 0 N–H and O–H groups in total. The third-order valence-electron chi connectivity index (χ3n) is 11.0. The van der Waals surface area contributed by atoms with Crippen LogP contribution in [-0.4, -0.2) is 70.3 Å². The normalized spacial score (nSPS) is 28.6. The van der Waals surface area contributed by atoms with E-state index in [0.717, 1.165) is 67.3 Å². The van der Waals surface area contributed by atoms with Gasteiger partial charge in [-0.25, -0.2) is 14.2 Å². The van der Waals surface area contributed by atoms with E-state index in [1.54, 1.807) is 25.4 Å². The highest BCUT2D eigenvalue weighted by atomic mass is 35.5. The molecule has 11 heteroatoms. The quantitative estimate of drug-likeness (QED) is 0.256. The van der Waals surface area contributed by atoms with Gasteiger partial charge in [0, 0.05) is 60.3 Å². The summed E-state index contributed by atoms with van der Waals surface area (Å²) in [6.45, 7) is 2.05. The minimum atomic E-state index is -3.18. The molecule has 1 aromatic heterocycles. The molecule has 3 heterocycles. The predicted octanol–water partition coefficient (Wildman–Crippen LogP) is 6.80. The van der Waals surface area contributed by atoms with Gasteiger partial charge in [-0.3, -0.25) is 9.59 Å². The van der Waals surface area contributed by atoms with Crippen molar-refractivity contribution in [3.63, 3.8) is 0 Å². The Balaban J connectivity index is 1.24. The molecule has 2 aliphatic carbocycles. The van der Waals surface area contributed by atoms with E-state index in [4.69, 9.17) is 21.1 Å². The first-order chi connectivity index (χ1) is 24.2. The van der Waals surface area contributed by atoms with Crippen LogP contribution in [0.15, 0.2) is 71.5 Å². The Morgan fingerprint density at radius 3 is 2.86 bits per heavy atom. The largest absolute Gasteiger partial charge is 0.490 e. The molecule has 264 valence electrons. The Morgan fingerprint density at radius 2 is 2.06 bits per heavy atom. The molecule has 1 spiro atoms. The van der Waals surface area contributed by atoms with Crippen molar-refractivity contribution >= 4 is 38.7 Å². The Kier molecular flexibility index (Phi) is 10.4. The molecule has 4 aliphatic rings. The summed E-state index contributed by atoms with van der Waals surface area (Å²) in [5.41, 5.74) is 4.24. The number of hydrogen-bond donors (Lipinski definition) is 0. The van der Waals surface area contributed by atoms with E-state index in [-0.39, 0.29) is 35.2 Å². The van der Waals surface area contributed by atoms with E-state index >= 15 is 0 Å². The van der Waals surface area contributed by atoms with Crippen molar-refractivity contribution in [1.29, 1.82) is 0 Å². The maximum atomic E-state index is 14.3. The summed E-state index contributed by atoms with van der Waals surface area (Å²) in [6, 6.07) is 13.4. The molecule has 50 heavy (non-hydrogen) atoms. The van der Waals surface area contributed by atoms with Crippen LogP contribution in [0.1, 0.15) is 72.1 Å². The topological polar surface area (TPSA) is 111 Å². The number of fused-ring (bicyclic) bond motifs is 4. The Bertz CT molecular complexity index is 1890. The molecule has 2 aliphatic heterocycles. The lowest BCUT2D eigenvalue weighted by Crippen LogP contribution is -2.49.